The zero-order valence-corrected chi connectivity index (χ0v) is 14.5. The zero-order chi connectivity index (χ0) is 16.5. The normalized spacial score (nSPS) is 17.8. The fraction of sp³-hybridized carbons (Fsp3) is 0.368. The van der Waals surface area contributed by atoms with Gasteiger partial charge in [-0.3, -0.25) is 9.36 Å². The molecular weight excluding hydrogens is 320 g/mol. The number of aromatic nitrogens is 2. The van der Waals surface area contributed by atoms with E-state index in [0.29, 0.717) is 11.9 Å². The van der Waals surface area contributed by atoms with Gasteiger partial charge >= 0.3 is 0 Å². The highest BCUT2D eigenvalue weighted by Crippen LogP contribution is 2.25. The second kappa shape index (κ2) is 6.57. The van der Waals surface area contributed by atoms with Crippen LogP contribution in [-0.2, 0) is 11.3 Å². The second-order valence-corrected chi connectivity index (χ2v) is 7.09. The summed E-state index contributed by atoms with van der Waals surface area (Å²) in [7, 11) is 0. The minimum atomic E-state index is 0.0445. The molecule has 2 aromatic carbocycles. The summed E-state index contributed by atoms with van der Waals surface area (Å²) in [5.74, 6) is 0.853. The molecule has 0 aliphatic carbocycles. The molecule has 0 spiro atoms. The van der Waals surface area contributed by atoms with Gasteiger partial charge in [0.1, 0.15) is 0 Å². The fourth-order valence-corrected chi connectivity index (χ4v) is 4.35. The molecule has 0 saturated carbocycles. The average Bonchev–Trinajstić information content (AvgIpc) is 3.12. The predicted octanol–water partition coefficient (Wildman–Crippen LogP) is 3.84. The van der Waals surface area contributed by atoms with Crippen LogP contribution in [0.2, 0.25) is 0 Å². The Morgan fingerprint density at radius 2 is 2.08 bits per heavy atom. The molecule has 2 heterocycles. The van der Waals surface area contributed by atoms with Gasteiger partial charge in [0.25, 0.3) is 5.56 Å². The number of rotatable bonds is 4. The zero-order valence-electron chi connectivity index (χ0n) is 13.7. The number of hydrogen-bond acceptors (Lipinski definition) is 4. The third-order valence-corrected chi connectivity index (χ3v) is 5.63. The highest BCUT2D eigenvalue weighted by molar-refractivity contribution is 7.99. The van der Waals surface area contributed by atoms with Crippen LogP contribution in [0.4, 0.5) is 0 Å². The molecule has 4 nitrogen and oxygen atoms in total. The third-order valence-electron chi connectivity index (χ3n) is 4.53. The molecule has 1 aromatic heterocycles. The summed E-state index contributed by atoms with van der Waals surface area (Å²) in [5.41, 5.74) is 0.821. The first-order valence-electron chi connectivity index (χ1n) is 8.44. The molecule has 0 unspecified atom stereocenters. The van der Waals surface area contributed by atoms with Crippen LogP contribution >= 0.6 is 11.8 Å². The summed E-state index contributed by atoms with van der Waals surface area (Å²) in [6.07, 6.45) is 2.51. The van der Waals surface area contributed by atoms with E-state index in [1.807, 2.05) is 37.3 Å². The van der Waals surface area contributed by atoms with Crippen molar-refractivity contribution in [3.05, 3.63) is 46.8 Å². The van der Waals surface area contributed by atoms with Crippen molar-refractivity contribution in [2.75, 3.05) is 12.4 Å². The van der Waals surface area contributed by atoms with Crippen molar-refractivity contribution in [1.82, 2.24) is 9.55 Å². The van der Waals surface area contributed by atoms with E-state index >= 15 is 0 Å². The number of benzene rings is 2. The van der Waals surface area contributed by atoms with Crippen LogP contribution in [0.25, 0.3) is 21.7 Å². The van der Waals surface area contributed by atoms with Crippen LogP contribution < -0.4 is 5.56 Å². The predicted molar refractivity (Wildman–Crippen MR) is 98.9 cm³/mol. The van der Waals surface area contributed by atoms with Crippen molar-refractivity contribution >= 4 is 33.4 Å². The standard InChI is InChI=1S/C19H20N2O2S/c1-2-21-18(22)16-10-13-6-3-4-7-14(13)11-17(16)20-19(21)24-12-15-8-5-9-23-15/h3-4,6-7,10-11,15H,2,5,8-9,12H2,1H3/t15-/m1/s1. The lowest BCUT2D eigenvalue weighted by Crippen LogP contribution is -2.23. The average molecular weight is 340 g/mol. The van der Waals surface area contributed by atoms with Crippen molar-refractivity contribution in [2.45, 2.75) is 37.6 Å². The highest BCUT2D eigenvalue weighted by atomic mass is 32.2. The van der Waals surface area contributed by atoms with Crippen LogP contribution in [0, 0.1) is 0 Å². The number of thioether (sulfide) groups is 1. The summed E-state index contributed by atoms with van der Waals surface area (Å²) >= 11 is 1.63. The Labute approximate surface area is 144 Å². The lowest BCUT2D eigenvalue weighted by molar-refractivity contribution is 0.129. The van der Waals surface area contributed by atoms with Crippen molar-refractivity contribution in [1.29, 1.82) is 0 Å². The SMILES string of the molecule is CCn1c(SC[C@H]2CCCO2)nc2cc3ccccc3cc2c1=O. The van der Waals surface area contributed by atoms with E-state index < -0.39 is 0 Å². The van der Waals surface area contributed by atoms with E-state index in [9.17, 15) is 4.79 Å². The molecule has 0 amide bonds. The van der Waals surface area contributed by atoms with Crippen LogP contribution in [0.1, 0.15) is 19.8 Å². The molecule has 24 heavy (non-hydrogen) atoms. The van der Waals surface area contributed by atoms with Gasteiger partial charge < -0.3 is 4.74 Å². The van der Waals surface area contributed by atoms with Gasteiger partial charge in [-0.25, -0.2) is 4.98 Å². The summed E-state index contributed by atoms with van der Waals surface area (Å²) in [6, 6.07) is 12.1. The lowest BCUT2D eigenvalue weighted by atomic mass is 10.1. The molecule has 4 rings (SSSR count). The van der Waals surface area contributed by atoms with Crippen LogP contribution in [0.3, 0.4) is 0 Å². The Bertz CT molecular complexity index is 945. The summed E-state index contributed by atoms with van der Waals surface area (Å²) in [4.78, 5) is 17.7. The third kappa shape index (κ3) is 2.82. The highest BCUT2D eigenvalue weighted by Gasteiger charge is 2.18. The minimum absolute atomic E-state index is 0.0445. The van der Waals surface area contributed by atoms with Crippen molar-refractivity contribution in [2.24, 2.45) is 0 Å². The maximum Gasteiger partial charge on any atom is 0.262 e. The number of ether oxygens (including phenoxy) is 1. The second-order valence-electron chi connectivity index (χ2n) is 6.11. The van der Waals surface area contributed by atoms with Gasteiger partial charge in [-0.05, 0) is 42.7 Å². The van der Waals surface area contributed by atoms with E-state index in [1.54, 1.807) is 16.3 Å². The summed E-state index contributed by atoms with van der Waals surface area (Å²) in [6.45, 7) is 3.47. The maximum absolute atomic E-state index is 12.9. The quantitative estimate of drug-likeness (QED) is 0.411. The lowest BCUT2D eigenvalue weighted by Gasteiger charge is -2.13. The maximum atomic E-state index is 12.9. The monoisotopic (exact) mass is 340 g/mol. The van der Waals surface area contributed by atoms with Gasteiger partial charge in [0.2, 0.25) is 0 Å². The Morgan fingerprint density at radius 3 is 2.79 bits per heavy atom. The molecule has 1 saturated heterocycles. The molecule has 0 radical (unpaired) electrons. The van der Waals surface area contributed by atoms with Gasteiger partial charge in [0, 0.05) is 18.9 Å². The van der Waals surface area contributed by atoms with Gasteiger partial charge in [-0.2, -0.15) is 0 Å². The summed E-state index contributed by atoms with van der Waals surface area (Å²) < 4.78 is 7.46. The molecule has 1 aliphatic heterocycles. The van der Waals surface area contributed by atoms with E-state index in [4.69, 9.17) is 9.72 Å². The first kappa shape index (κ1) is 15.7. The largest absolute Gasteiger partial charge is 0.377 e. The Hall–Kier alpha value is -1.85. The van der Waals surface area contributed by atoms with Crippen LogP contribution in [0.15, 0.2) is 46.3 Å². The topological polar surface area (TPSA) is 44.1 Å². The van der Waals surface area contributed by atoms with Crippen LogP contribution in [-0.4, -0.2) is 28.0 Å². The van der Waals surface area contributed by atoms with Crippen molar-refractivity contribution < 1.29 is 4.74 Å². The van der Waals surface area contributed by atoms with E-state index in [0.717, 1.165) is 46.6 Å². The van der Waals surface area contributed by atoms with E-state index in [2.05, 4.69) is 6.07 Å². The van der Waals surface area contributed by atoms with Gasteiger partial charge in [0.05, 0.1) is 17.0 Å². The van der Waals surface area contributed by atoms with E-state index in [1.165, 1.54) is 0 Å². The Morgan fingerprint density at radius 1 is 1.29 bits per heavy atom. The van der Waals surface area contributed by atoms with Gasteiger partial charge in [-0.15, -0.1) is 0 Å². The van der Waals surface area contributed by atoms with Gasteiger partial charge in [0.15, 0.2) is 5.16 Å². The molecule has 1 fully saturated rings. The van der Waals surface area contributed by atoms with E-state index in [-0.39, 0.29) is 11.7 Å². The molecular formula is C19H20N2O2S. The Balaban J connectivity index is 1.80. The molecule has 5 heteroatoms. The fourth-order valence-electron chi connectivity index (χ4n) is 3.22. The number of hydrogen-bond donors (Lipinski definition) is 0. The van der Waals surface area contributed by atoms with Crippen molar-refractivity contribution in [3.8, 4) is 0 Å². The molecule has 1 atom stereocenters. The first-order valence-corrected chi connectivity index (χ1v) is 9.42. The summed E-state index contributed by atoms with van der Waals surface area (Å²) in [5, 5.41) is 3.67. The van der Waals surface area contributed by atoms with Crippen LogP contribution in [0.5, 0.6) is 0 Å². The minimum Gasteiger partial charge on any atom is -0.377 e. The van der Waals surface area contributed by atoms with Crippen molar-refractivity contribution in [3.63, 3.8) is 0 Å². The first-order chi connectivity index (χ1) is 11.8. The molecule has 3 aromatic rings. The molecule has 1 aliphatic rings. The molecule has 124 valence electrons. The number of nitrogens with zero attached hydrogens (tertiary/aromatic N) is 2. The smallest absolute Gasteiger partial charge is 0.262 e. The van der Waals surface area contributed by atoms with Gasteiger partial charge in [-0.1, -0.05) is 36.0 Å². The molecule has 0 bridgehead atoms. The number of fused-ring (bicyclic) bond motifs is 2. The Kier molecular flexibility index (Phi) is 4.29. The molecule has 0 N–H and O–H groups in total.